The molecule has 0 spiro atoms. The second-order valence-electron chi connectivity index (χ2n) is 5.53. The van der Waals surface area contributed by atoms with Gasteiger partial charge in [0.2, 0.25) is 0 Å². The fraction of sp³-hybridized carbons (Fsp3) is 0.385. The monoisotopic (exact) mass is 247 g/mol. The molecule has 1 aromatic carbocycles. The molecule has 96 valence electrons. The normalized spacial score (nSPS) is 11.7. The quantitative estimate of drug-likeness (QED) is 0.797. The highest BCUT2D eigenvalue weighted by Gasteiger charge is 2.18. The number of hydrogen-bond acceptors (Lipinski definition) is 5. The van der Waals surface area contributed by atoms with E-state index in [9.17, 15) is 5.11 Å². The van der Waals surface area contributed by atoms with Gasteiger partial charge in [-0.2, -0.15) is 4.98 Å². The van der Waals surface area contributed by atoms with Gasteiger partial charge >= 0.3 is 0 Å². The predicted molar refractivity (Wildman–Crippen MR) is 69.0 cm³/mol. The molecule has 0 unspecified atom stereocenters. The van der Waals surface area contributed by atoms with Gasteiger partial charge in [-0.3, -0.25) is 0 Å². The molecule has 0 amide bonds. The van der Waals surface area contributed by atoms with Crippen LogP contribution in [-0.2, 0) is 6.42 Å². The van der Waals surface area contributed by atoms with Gasteiger partial charge in [0.15, 0.2) is 5.82 Å². The third kappa shape index (κ3) is 2.80. The Kier molecular flexibility index (Phi) is 2.98. The average Bonchev–Trinajstić information content (AvgIpc) is 2.63. The summed E-state index contributed by atoms with van der Waals surface area (Å²) in [5.41, 5.74) is 6.64. The van der Waals surface area contributed by atoms with Crippen molar-refractivity contribution in [3.8, 4) is 17.2 Å². The zero-order valence-corrected chi connectivity index (χ0v) is 10.8. The first-order valence-electron chi connectivity index (χ1n) is 5.76. The highest BCUT2D eigenvalue weighted by Crippen LogP contribution is 2.30. The number of benzene rings is 1. The largest absolute Gasteiger partial charge is 0.507 e. The van der Waals surface area contributed by atoms with Crippen LogP contribution in [0.4, 0.5) is 5.69 Å². The molecule has 5 heteroatoms. The van der Waals surface area contributed by atoms with E-state index in [-0.39, 0.29) is 11.2 Å². The van der Waals surface area contributed by atoms with E-state index in [1.165, 1.54) is 6.07 Å². The van der Waals surface area contributed by atoms with Crippen LogP contribution in [0.2, 0.25) is 0 Å². The molecule has 0 aliphatic heterocycles. The third-order valence-electron chi connectivity index (χ3n) is 2.41. The van der Waals surface area contributed by atoms with Crippen LogP contribution in [0.15, 0.2) is 22.7 Å². The van der Waals surface area contributed by atoms with Crippen LogP contribution in [0, 0.1) is 5.41 Å². The number of hydrogen-bond donors (Lipinski definition) is 2. The first-order valence-corrected chi connectivity index (χ1v) is 5.76. The van der Waals surface area contributed by atoms with Gasteiger partial charge in [0.1, 0.15) is 5.75 Å². The lowest BCUT2D eigenvalue weighted by molar-refractivity contribution is 0.374. The van der Waals surface area contributed by atoms with Crippen molar-refractivity contribution >= 4 is 5.69 Å². The van der Waals surface area contributed by atoms with Gasteiger partial charge in [-0.05, 0) is 17.5 Å². The Labute approximate surface area is 106 Å². The fourth-order valence-corrected chi connectivity index (χ4v) is 1.64. The first-order chi connectivity index (χ1) is 8.35. The van der Waals surface area contributed by atoms with Crippen molar-refractivity contribution in [1.29, 1.82) is 0 Å². The topological polar surface area (TPSA) is 85.2 Å². The van der Waals surface area contributed by atoms with E-state index in [2.05, 4.69) is 30.9 Å². The second kappa shape index (κ2) is 4.33. The van der Waals surface area contributed by atoms with E-state index in [0.29, 0.717) is 29.4 Å². The second-order valence-corrected chi connectivity index (χ2v) is 5.53. The Morgan fingerprint density at radius 1 is 1.33 bits per heavy atom. The van der Waals surface area contributed by atoms with Gasteiger partial charge in [-0.15, -0.1) is 0 Å². The van der Waals surface area contributed by atoms with Gasteiger partial charge in [0.05, 0.1) is 5.56 Å². The SMILES string of the molecule is CC(C)(C)Cc1noc(-c2ccc(N)cc2O)n1. The zero-order valence-electron chi connectivity index (χ0n) is 10.8. The minimum atomic E-state index is 0.0426. The molecule has 1 aromatic heterocycles. The van der Waals surface area contributed by atoms with E-state index in [1.54, 1.807) is 12.1 Å². The van der Waals surface area contributed by atoms with E-state index in [1.807, 2.05) is 0 Å². The lowest BCUT2D eigenvalue weighted by Crippen LogP contribution is -2.10. The van der Waals surface area contributed by atoms with Crippen molar-refractivity contribution in [1.82, 2.24) is 10.1 Å². The van der Waals surface area contributed by atoms with Crippen LogP contribution >= 0.6 is 0 Å². The molecule has 0 bridgehead atoms. The van der Waals surface area contributed by atoms with Crippen molar-refractivity contribution < 1.29 is 9.63 Å². The standard InChI is InChI=1S/C13H17N3O2/c1-13(2,3)7-11-15-12(18-16-11)9-5-4-8(14)6-10(9)17/h4-6,17H,7,14H2,1-3H3. The van der Waals surface area contributed by atoms with Gasteiger partial charge < -0.3 is 15.4 Å². The van der Waals surface area contributed by atoms with Crippen LogP contribution in [0.1, 0.15) is 26.6 Å². The Morgan fingerprint density at radius 3 is 2.67 bits per heavy atom. The number of nitrogen functional groups attached to an aromatic ring is 1. The molecule has 18 heavy (non-hydrogen) atoms. The molecule has 2 aromatic rings. The number of nitrogens with zero attached hydrogens (tertiary/aromatic N) is 2. The maximum absolute atomic E-state index is 9.78. The van der Waals surface area contributed by atoms with Gasteiger partial charge in [0, 0.05) is 18.2 Å². The highest BCUT2D eigenvalue weighted by atomic mass is 16.5. The molecule has 0 atom stereocenters. The van der Waals surface area contributed by atoms with Crippen LogP contribution in [-0.4, -0.2) is 15.2 Å². The molecule has 0 saturated carbocycles. The molecule has 0 aliphatic rings. The molecule has 1 heterocycles. The highest BCUT2D eigenvalue weighted by molar-refractivity contribution is 5.66. The molecule has 5 nitrogen and oxygen atoms in total. The predicted octanol–water partition coefficient (Wildman–Crippen LogP) is 2.61. The van der Waals surface area contributed by atoms with E-state index >= 15 is 0 Å². The summed E-state index contributed by atoms with van der Waals surface area (Å²) in [7, 11) is 0. The van der Waals surface area contributed by atoms with Crippen molar-refractivity contribution in [3.63, 3.8) is 0 Å². The van der Waals surface area contributed by atoms with E-state index in [4.69, 9.17) is 10.3 Å². The van der Waals surface area contributed by atoms with E-state index < -0.39 is 0 Å². The minimum absolute atomic E-state index is 0.0426. The summed E-state index contributed by atoms with van der Waals surface area (Å²) in [6, 6.07) is 4.81. The summed E-state index contributed by atoms with van der Waals surface area (Å²) < 4.78 is 5.16. The molecule has 0 saturated heterocycles. The van der Waals surface area contributed by atoms with Crippen LogP contribution in [0.25, 0.3) is 11.5 Å². The van der Waals surface area contributed by atoms with Crippen molar-refractivity contribution in [3.05, 3.63) is 24.0 Å². The van der Waals surface area contributed by atoms with Crippen LogP contribution in [0.3, 0.4) is 0 Å². The van der Waals surface area contributed by atoms with Crippen molar-refractivity contribution in [2.45, 2.75) is 27.2 Å². The smallest absolute Gasteiger partial charge is 0.261 e. The molecular weight excluding hydrogens is 230 g/mol. The lowest BCUT2D eigenvalue weighted by Gasteiger charge is -2.14. The van der Waals surface area contributed by atoms with Gasteiger partial charge in [-0.1, -0.05) is 25.9 Å². The molecule has 0 aliphatic carbocycles. The Bertz CT molecular complexity index is 556. The van der Waals surface area contributed by atoms with Crippen LogP contribution in [0.5, 0.6) is 5.75 Å². The Hall–Kier alpha value is -2.04. The maximum Gasteiger partial charge on any atom is 0.261 e. The number of aromatic hydroxyl groups is 1. The zero-order chi connectivity index (χ0) is 13.3. The Morgan fingerprint density at radius 2 is 2.06 bits per heavy atom. The molecular formula is C13H17N3O2. The number of aromatic nitrogens is 2. The summed E-state index contributed by atoms with van der Waals surface area (Å²) >= 11 is 0. The van der Waals surface area contributed by atoms with Crippen molar-refractivity contribution in [2.75, 3.05) is 5.73 Å². The average molecular weight is 247 g/mol. The van der Waals surface area contributed by atoms with Crippen molar-refractivity contribution in [2.24, 2.45) is 5.41 Å². The first kappa shape index (κ1) is 12.4. The number of anilines is 1. The Balaban J connectivity index is 2.29. The number of phenolic OH excluding ortho intramolecular Hbond substituents is 1. The van der Waals surface area contributed by atoms with Crippen LogP contribution < -0.4 is 5.73 Å². The summed E-state index contributed by atoms with van der Waals surface area (Å²) in [5.74, 6) is 0.987. The number of rotatable bonds is 2. The molecule has 2 rings (SSSR count). The summed E-state index contributed by atoms with van der Waals surface area (Å²) in [4.78, 5) is 4.28. The number of nitrogens with two attached hydrogens (primary N) is 1. The molecule has 0 radical (unpaired) electrons. The third-order valence-corrected chi connectivity index (χ3v) is 2.41. The van der Waals surface area contributed by atoms with Gasteiger partial charge in [-0.25, -0.2) is 0 Å². The lowest BCUT2D eigenvalue weighted by atomic mass is 9.92. The van der Waals surface area contributed by atoms with E-state index in [0.717, 1.165) is 0 Å². The minimum Gasteiger partial charge on any atom is -0.507 e. The fourth-order valence-electron chi connectivity index (χ4n) is 1.64. The maximum atomic E-state index is 9.78. The summed E-state index contributed by atoms with van der Waals surface area (Å²) in [6.45, 7) is 6.30. The number of phenols is 1. The molecule has 0 fully saturated rings. The van der Waals surface area contributed by atoms with Gasteiger partial charge in [0.25, 0.3) is 5.89 Å². The summed E-state index contributed by atoms with van der Waals surface area (Å²) in [5, 5.41) is 13.7. The summed E-state index contributed by atoms with van der Waals surface area (Å²) in [6.07, 6.45) is 0.715. The molecule has 3 N–H and O–H groups in total.